The topological polar surface area (TPSA) is 70.1 Å². The van der Waals surface area contributed by atoms with Crippen molar-refractivity contribution in [2.45, 2.75) is 6.42 Å². The minimum absolute atomic E-state index is 0.0953. The van der Waals surface area contributed by atoms with E-state index in [-0.39, 0.29) is 12.6 Å². The molecule has 0 bridgehead atoms. The Kier molecular flexibility index (Phi) is 4.78. The van der Waals surface area contributed by atoms with Gasteiger partial charge >= 0.3 is 0 Å². The SMILES string of the molecule is OCCCNc1ccnc(Nc2ccc(F)c(F)c2)n1. The molecular weight excluding hydrogens is 266 g/mol. The third-order valence-electron chi connectivity index (χ3n) is 2.47. The van der Waals surface area contributed by atoms with E-state index in [0.717, 1.165) is 12.1 Å². The number of aliphatic hydroxyl groups excluding tert-OH is 1. The molecule has 106 valence electrons. The van der Waals surface area contributed by atoms with Gasteiger partial charge in [-0.2, -0.15) is 4.98 Å². The molecule has 0 unspecified atom stereocenters. The van der Waals surface area contributed by atoms with Gasteiger partial charge in [0.15, 0.2) is 11.6 Å². The Balaban J connectivity index is 2.05. The molecule has 0 aliphatic rings. The van der Waals surface area contributed by atoms with Gasteiger partial charge < -0.3 is 15.7 Å². The monoisotopic (exact) mass is 280 g/mol. The first-order chi connectivity index (χ1) is 9.69. The zero-order valence-electron chi connectivity index (χ0n) is 10.6. The van der Waals surface area contributed by atoms with Gasteiger partial charge in [-0.05, 0) is 24.6 Å². The van der Waals surface area contributed by atoms with E-state index in [1.165, 1.54) is 12.3 Å². The molecule has 1 aromatic carbocycles. The van der Waals surface area contributed by atoms with Crippen LogP contribution in [0, 0.1) is 11.6 Å². The van der Waals surface area contributed by atoms with Crippen molar-refractivity contribution in [1.82, 2.24) is 9.97 Å². The lowest BCUT2D eigenvalue weighted by Crippen LogP contribution is -2.06. The second-order valence-corrected chi connectivity index (χ2v) is 4.02. The van der Waals surface area contributed by atoms with Crippen LogP contribution >= 0.6 is 0 Å². The number of hydrogen-bond acceptors (Lipinski definition) is 5. The van der Waals surface area contributed by atoms with Crippen LogP contribution in [0.15, 0.2) is 30.5 Å². The summed E-state index contributed by atoms with van der Waals surface area (Å²) in [5, 5.41) is 14.5. The van der Waals surface area contributed by atoms with Gasteiger partial charge in [-0.3, -0.25) is 0 Å². The summed E-state index contributed by atoms with van der Waals surface area (Å²) in [5.41, 5.74) is 0.358. The van der Waals surface area contributed by atoms with Crippen LogP contribution < -0.4 is 10.6 Å². The van der Waals surface area contributed by atoms with E-state index in [9.17, 15) is 8.78 Å². The minimum Gasteiger partial charge on any atom is -0.396 e. The van der Waals surface area contributed by atoms with Gasteiger partial charge in [0, 0.05) is 31.1 Å². The number of aliphatic hydroxyl groups is 1. The molecule has 0 radical (unpaired) electrons. The maximum Gasteiger partial charge on any atom is 0.229 e. The van der Waals surface area contributed by atoms with E-state index >= 15 is 0 Å². The Bertz CT molecular complexity index is 580. The zero-order chi connectivity index (χ0) is 14.4. The molecular formula is C13H14F2N4O. The summed E-state index contributed by atoms with van der Waals surface area (Å²) in [5.74, 6) is -0.994. The van der Waals surface area contributed by atoms with E-state index in [1.807, 2.05) is 0 Å². The molecule has 0 saturated heterocycles. The predicted octanol–water partition coefficient (Wildman–Crippen LogP) is 2.29. The third-order valence-corrected chi connectivity index (χ3v) is 2.47. The van der Waals surface area contributed by atoms with Gasteiger partial charge in [-0.1, -0.05) is 0 Å². The van der Waals surface area contributed by atoms with Crippen molar-refractivity contribution in [2.24, 2.45) is 0 Å². The second-order valence-electron chi connectivity index (χ2n) is 4.02. The largest absolute Gasteiger partial charge is 0.396 e. The number of nitrogens with one attached hydrogen (secondary N) is 2. The summed E-state index contributed by atoms with van der Waals surface area (Å²) >= 11 is 0. The quantitative estimate of drug-likeness (QED) is 0.708. The van der Waals surface area contributed by atoms with E-state index in [2.05, 4.69) is 20.6 Å². The molecule has 0 atom stereocenters. The highest BCUT2D eigenvalue weighted by atomic mass is 19.2. The average Bonchev–Trinajstić information content (AvgIpc) is 2.44. The van der Waals surface area contributed by atoms with Crippen LogP contribution in [0.2, 0.25) is 0 Å². The standard InChI is InChI=1S/C13H14F2N4O/c14-10-3-2-9(8-11(10)15)18-13-17-6-4-12(19-13)16-5-1-7-20/h2-4,6,8,20H,1,5,7H2,(H2,16,17,18,19). The fourth-order valence-corrected chi connectivity index (χ4v) is 1.52. The Morgan fingerprint density at radius 2 is 2.00 bits per heavy atom. The molecule has 0 aliphatic carbocycles. The fraction of sp³-hybridized carbons (Fsp3) is 0.231. The Morgan fingerprint density at radius 3 is 2.75 bits per heavy atom. The molecule has 0 spiro atoms. The van der Waals surface area contributed by atoms with E-state index in [4.69, 9.17) is 5.11 Å². The first-order valence-corrected chi connectivity index (χ1v) is 6.09. The number of halogens is 2. The number of aromatic nitrogens is 2. The molecule has 5 nitrogen and oxygen atoms in total. The fourth-order valence-electron chi connectivity index (χ4n) is 1.52. The molecule has 1 aromatic heterocycles. The Hall–Kier alpha value is -2.28. The summed E-state index contributed by atoms with van der Waals surface area (Å²) in [6, 6.07) is 5.13. The van der Waals surface area contributed by atoms with Crippen LogP contribution in [0.3, 0.4) is 0 Å². The van der Waals surface area contributed by atoms with E-state index in [0.29, 0.717) is 24.5 Å². The molecule has 7 heteroatoms. The number of hydrogen-bond donors (Lipinski definition) is 3. The van der Waals surface area contributed by atoms with Crippen molar-refractivity contribution >= 4 is 17.5 Å². The molecule has 3 N–H and O–H groups in total. The normalized spacial score (nSPS) is 10.3. The zero-order valence-corrected chi connectivity index (χ0v) is 10.6. The van der Waals surface area contributed by atoms with Crippen molar-refractivity contribution in [1.29, 1.82) is 0 Å². The summed E-state index contributed by atoms with van der Waals surface area (Å²) < 4.78 is 25.9. The lowest BCUT2D eigenvalue weighted by atomic mass is 10.3. The van der Waals surface area contributed by atoms with Crippen LogP contribution in [0.4, 0.5) is 26.2 Å². The molecule has 2 aromatic rings. The van der Waals surface area contributed by atoms with Gasteiger partial charge in [0.1, 0.15) is 5.82 Å². The molecule has 2 rings (SSSR count). The van der Waals surface area contributed by atoms with Crippen molar-refractivity contribution < 1.29 is 13.9 Å². The summed E-state index contributed by atoms with van der Waals surface area (Å²) in [7, 11) is 0. The lowest BCUT2D eigenvalue weighted by Gasteiger charge is -2.08. The van der Waals surface area contributed by atoms with Crippen molar-refractivity contribution in [3.8, 4) is 0 Å². The molecule has 0 saturated carbocycles. The lowest BCUT2D eigenvalue weighted by molar-refractivity contribution is 0.292. The smallest absolute Gasteiger partial charge is 0.229 e. The van der Waals surface area contributed by atoms with Crippen LogP contribution in [0.1, 0.15) is 6.42 Å². The Morgan fingerprint density at radius 1 is 1.15 bits per heavy atom. The summed E-state index contributed by atoms with van der Waals surface area (Å²) in [6.07, 6.45) is 2.15. The highest BCUT2D eigenvalue weighted by molar-refractivity contribution is 5.54. The van der Waals surface area contributed by atoms with Gasteiger partial charge in [-0.15, -0.1) is 0 Å². The third kappa shape index (κ3) is 3.86. The second kappa shape index (κ2) is 6.76. The van der Waals surface area contributed by atoms with Gasteiger partial charge in [0.25, 0.3) is 0 Å². The van der Waals surface area contributed by atoms with Gasteiger partial charge in [0.2, 0.25) is 5.95 Å². The van der Waals surface area contributed by atoms with Crippen LogP contribution in [0.25, 0.3) is 0 Å². The summed E-state index contributed by atoms with van der Waals surface area (Å²) in [4.78, 5) is 8.15. The molecule has 20 heavy (non-hydrogen) atoms. The van der Waals surface area contributed by atoms with Gasteiger partial charge in [0.05, 0.1) is 0 Å². The molecule has 0 fully saturated rings. The molecule has 0 amide bonds. The number of anilines is 3. The van der Waals surface area contributed by atoms with Crippen LogP contribution in [-0.4, -0.2) is 28.2 Å². The van der Waals surface area contributed by atoms with Crippen molar-refractivity contribution in [2.75, 3.05) is 23.8 Å². The maximum absolute atomic E-state index is 13.1. The maximum atomic E-state index is 13.1. The predicted molar refractivity (Wildman–Crippen MR) is 71.9 cm³/mol. The number of rotatable bonds is 6. The number of benzene rings is 1. The van der Waals surface area contributed by atoms with Gasteiger partial charge in [-0.25, -0.2) is 13.8 Å². The average molecular weight is 280 g/mol. The van der Waals surface area contributed by atoms with Crippen molar-refractivity contribution in [3.63, 3.8) is 0 Å². The Labute approximate surface area is 114 Å². The highest BCUT2D eigenvalue weighted by Crippen LogP contribution is 2.17. The summed E-state index contributed by atoms with van der Waals surface area (Å²) in [6.45, 7) is 0.677. The number of nitrogens with zero attached hydrogens (tertiary/aromatic N) is 2. The van der Waals surface area contributed by atoms with E-state index < -0.39 is 11.6 Å². The molecule has 0 aliphatic heterocycles. The first kappa shape index (κ1) is 14.1. The van der Waals surface area contributed by atoms with Crippen LogP contribution in [-0.2, 0) is 0 Å². The van der Waals surface area contributed by atoms with Crippen molar-refractivity contribution in [3.05, 3.63) is 42.1 Å². The highest BCUT2D eigenvalue weighted by Gasteiger charge is 2.04. The van der Waals surface area contributed by atoms with E-state index in [1.54, 1.807) is 6.07 Å². The van der Waals surface area contributed by atoms with Crippen LogP contribution in [0.5, 0.6) is 0 Å². The first-order valence-electron chi connectivity index (χ1n) is 6.09. The molecule has 1 heterocycles. The minimum atomic E-state index is -0.938.